The highest BCUT2D eigenvalue weighted by atomic mass is 16.5. The maximum Gasteiger partial charge on any atom is 0.329 e. The van der Waals surface area contributed by atoms with Crippen molar-refractivity contribution in [3.63, 3.8) is 0 Å². The lowest BCUT2D eigenvalue weighted by Gasteiger charge is -2.32. The number of aromatic amines is 1. The second-order valence-electron chi connectivity index (χ2n) is 28.1. The van der Waals surface area contributed by atoms with Crippen LogP contribution in [0.4, 0.5) is 0 Å². The van der Waals surface area contributed by atoms with Gasteiger partial charge in [0.05, 0.1) is 32.4 Å². The van der Waals surface area contributed by atoms with Gasteiger partial charge >= 0.3 is 29.8 Å². The molecule has 3 rings (SSSR count). The second kappa shape index (κ2) is 48.9. The first-order valence-corrected chi connectivity index (χ1v) is 37.5. The Labute approximate surface area is 660 Å². The summed E-state index contributed by atoms with van der Waals surface area (Å²) in [6.07, 6.45) is -5.60. The van der Waals surface area contributed by atoms with E-state index in [9.17, 15) is 121 Å². The van der Waals surface area contributed by atoms with Gasteiger partial charge in [-0.05, 0) is 82.4 Å². The number of carboxylic acids is 4. The highest BCUT2D eigenvalue weighted by Crippen LogP contribution is 2.21. The van der Waals surface area contributed by atoms with E-state index in [0.29, 0.717) is 40.1 Å². The third-order valence-electron chi connectivity index (χ3n) is 18.8. The number of cyclic esters (lactones) is 1. The zero-order valence-electron chi connectivity index (χ0n) is 65.1. The fourth-order valence-electron chi connectivity index (χ4n) is 11.7. The Bertz CT molecular complexity index is 3820. The molecule has 43 nitrogen and oxygen atoms in total. The number of aliphatic carboxylic acids is 4. The summed E-state index contributed by atoms with van der Waals surface area (Å²) < 4.78 is 5.75. The number of nitrogens with zero attached hydrogens (tertiary/aromatic N) is 1. The van der Waals surface area contributed by atoms with E-state index in [2.05, 4.69) is 72.0 Å². The van der Waals surface area contributed by atoms with Crippen LogP contribution in [0.3, 0.4) is 0 Å². The molecule has 0 unspecified atom stereocenters. The first kappa shape index (κ1) is 97.3. The topological polar surface area (TPSA) is 693 Å². The summed E-state index contributed by atoms with van der Waals surface area (Å²) in [6.45, 7) is 6.78. The third-order valence-corrected chi connectivity index (χ3v) is 18.8. The minimum Gasteiger partial charge on any atom is -0.481 e. The average Bonchev–Trinajstić information content (AvgIpc) is 1.77. The molecule has 15 atom stereocenters. The van der Waals surface area contributed by atoms with Gasteiger partial charge in [-0.2, -0.15) is 0 Å². The Morgan fingerprint density at radius 3 is 1.74 bits per heavy atom. The Hall–Kier alpha value is -11.9. The van der Waals surface area contributed by atoms with Crippen molar-refractivity contribution in [1.29, 1.82) is 0 Å². The number of amides is 15. The van der Waals surface area contributed by atoms with Crippen molar-refractivity contribution in [2.24, 2.45) is 29.0 Å². The van der Waals surface area contributed by atoms with Crippen LogP contribution in [0, 0.1) is 11.8 Å². The van der Waals surface area contributed by atoms with Crippen LogP contribution >= 0.6 is 0 Å². The van der Waals surface area contributed by atoms with E-state index in [1.54, 1.807) is 30.5 Å². The van der Waals surface area contributed by atoms with E-state index >= 15 is 0 Å². The largest absolute Gasteiger partial charge is 0.481 e. The molecule has 1 saturated heterocycles. The molecule has 43 heteroatoms. The quantitative estimate of drug-likeness (QED) is 0.0222. The molecular weight excluding hydrogens is 1520 g/mol. The number of aliphatic hydroxyl groups excluding tert-OH is 1. The Balaban J connectivity index is 2.26. The van der Waals surface area contributed by atoms with Gasteiger partial charge in [-0.15, -0.1) is 0 Å². The number of esters is 1. The van der Waals surface area contributed by atoms with Gasteiger partial charge in [-0.1, -0.05) is 84.4 Å². The van der Waals surface area contributed by atoms with Crippen molar-refractivity contribution < 1.29 is 126 Å². The number of aromatic nitrogens is 1. The van der Waals surface area contributed by atoms with Crippen molar-refractivity contribution in [3.05, 3.63) is 36.0 Å². The zero-order valence-corrected chi connectivity index (χ0v) is 65.1. The molecule has 115 heavy (non-hydrogen) atoms. The van der Waals surface area contributed by atoms with Crippen molar-refractivity contribution in [3.8, 4) is 0 Å². The molecule has 15 amide bonds. The molecule has 0 bridgehead atoms. The van der Waals surface area contributed by atoms with Gasteiger partial charge < -0.3 is 121 Å². The van der Waals surface area contributed by atoms with E-state index in [4.69, 9.17) is 21.9 Å². The Kier molecular flexibility index (Phi) is 41.3. The third kappa shape index (κ3) is 34.1. The lowest BCUT2D eigenvalue weighted by Crippen LogP contribution is -2.64. The van der Waals surface area contributed by atoms with Crippen LogP contribution < -0.4 is 81.0 Å². The van der Waals surface area contributed by atoms with Crippen LogP contribution in [0.2, 0.25) is 0 Å². The van der Waals surface area contributed by atoms with E-state index < -0.39 is 261 Å². The lowest BCUT2D eigenvalue weighted by atomic mass is 9.98. The van der Waals surface area contributed by atoms with E-state index in [-0.39, 0.29) is 45.1 Å². The maximum absolute atomic E-state index is 15.0. The van der Waals surface area contributed by atoms with Gasteiger partial charge in [0, 0.05) is 49.8 Å². The van der Waals surface area contributed by atoms with Gasteiger partial charge in [-0.25, -0.2) is 4.79 Å². The lowest BCUT2D eigenvalue weighted by molar-refractivity contribution is -0.159. The maximum atomic E-state index is 15.0. The molecule has 0 saturated carbocycles. The molecule has 0 aliphatic carbocycles. The SMILES string of the molecule is CC[C@H](C)CCCCCCC(=O)N[C@@H](Cc1c[nH]c2ccccc12)C(=O)N[C@H](CCC(=O)O)C(=O)N[C@H](C(=O)N[C@@H]1C(=O)N(C)CC(=O)N[C@@H](C)C(=O)N[C@@H](CC(=O)O)C(=O)N[C@H](CCCCN)C(=O)N[C@@H](CC(=O)O)C(=O)NCC(=O)N[C@H](CC(N)=O)C(=O)N[C@@H](CCC(=O)O)C(=O)N[C@@H]([C@@H](C)CC)C(=O)O[C@@H]1C)[C@@H](O)C(N)=O. The number of fused-ring (bicyclic) bond motifs is 1. The number of hydrogen-bond acceptors (Lipinski definition) is 23. The number of para-hydroxylation sites is 1. The second-order valence-corrected chi connectivity index (χ2v) is 28.1. The summed E-state index contributed by atoms with van der Waals surface area (Å²) in [5.74, 6) is -28.5. The van der Waals surface area contributed by atoms with Crippen LogP contribution in [0.15, 0.2) is 30.5 Å². The van der Waals surface area contributed by atoms with Crippen LogP contribution in [0.5, 0.6) is 0 Å². The number of carbonyl (C=O) groups excluding carboxylic acids is 16. The molecule has 1 aliphatic rings. The predicted octanol–water partition coefficient (Wildman–Crippen LogP) is -5.45. The molecule has 638 valence electrons. The highest BCUT2D eigenvalue weighted by molar-refractivity contribution is 6.02. The summed E-state index contributed by atoms with van der Waals surface area (Å²) in [5.41, 5.74) is 17.7. The molecule has 0 spiro atoms. The van der Waals surface area contributed by atoms with Gasteiger partial charge in [0.25, 0.3) is 0 Å². The number of benzene rings is 1. The molecule has 1 aliphatic heterocycles. The molecule has 0 radical (unpaired) electrons. The molecule has 1 aromatic carbocycles. The van der Waals surface area contributed by atoms with Crippen molar-refractivity contribution in [2.75, 3.05) is 26.7 Å². The smallest absolute Gasteiger partial charge is 0.329 e. The number of likely N-dealkylation sites (N-methyl/N-ethyl adjacent to an activating group) is 1. The van der Waals surface area contributed by atoms with Crippen LogP contribution in [0.25, 0.3) is 10.9 Å². The van der Waals surface area contributed by atoms with Gasteiger partial charge in [0.1, 0.15) is 72.6 Å². The average molecular weight is 1630 g/mol. The molecule has 2 aromatic rings. The number of nitrogens with two attached hydrogens (primary N) is 3. The normalized spacial score (nSPS) is 21.9. The Morgan fingerprint density at radius 1 is 0.583 bits per heavy atom. The van der Waals surface area contributed by atoms with Crippen molar-refractivity contribution >= 4 is 129 Å². The summed E-state index contributed by atoms with van der Waals surface area (Å²) in [7, 11) is 0.902. The van der Waals surface area contributed by atoms with Crippen LogP contribution in [-0.2, 0) is 107 Å². The van der Waals surface area contributed by atoms with Crippen LogP contribution in [-0.4, -0.2) is 259 Å². The molecule has 24 N–H and O–H groups in total. The standard InChI is InChI=1S/C72H109N17O26/c1-8-35(3)18-12-10-11-13-22-50(91)79-45(28-39-32-76-41-20-15-14-19-40(39)41)67(109)82-44(24-26-54(96)97)66(108)88-59(60(102)61(75)103)70(112)87-58-38(6)115-72(114)57(36(4)9-2)86-65(107)43(23-25-53(94)95)83-68(110)46(29-49(74)90)80-51(92)33-77-63(105)47(30-55(98)99)85-64(106)42(21-16-17-27-73)81-69(111)48(31-56(100)101)84-62(104)37(5)78-52(93)34-89(7)71(58)113/h14-15,19-20,32,35-38,42-48,57-60,76,102H,8-13,16-18,21-31,33-34,73H2,1-7H3,(H2,74,90)(H2,75,103)(H,77,105)(H,78,93)(H,79,91)(H,80,92)(H,81,111)(H,82,109)(H,83,110)(H,84,104)(H,85,106)(H,86,107)(H,87,112)(H,88,108)(H,94,95)(H,96,97)(H,98,99)(H,100,101)/t35-,36-,37-,38+,42+,43-,44+,45-,46+,47-,48-,57-,58-,59-,60+/m0/s1. The number of nitrogens with one attached hydrogen (secondary N) is 13. The molecule has 1 fully saturated rings. The van der Waals surface area contributed by atoms with Gasteiger partial charge in [0.15, 0.2) is 6.10 Å². The molecule has 1 aromatic heterocycles. The summed E-state index contributed by atoms with van der Waals surface area (Å²) in [6, 6.07) is -15.2. The minimum absolute atomic E-state index is 0.0236. The minimum atomic E-state index is -2.80. The van der Waals surface area contributed by atoms with Gasteiger partial charge in [-0.3, -0.25) is 91.1 Å². The Morgan fingerprint density at radius 2 is 1.15 bits per heavy atom. The fraction of sp³-hybridized carbons (Fsp3) is 0.611. The van der Waals surface area contributed by atoms with Crippen LogP contribution in [0.1, 0.15) is 163 Å². The first-order chi connectivity index (χ1) is 54.1. The van der Waals surface area contributed by atoms with E-state index in [1.165, 1.54) is 13.8 Å². The summed E-state index contributed by atoms with van der Waals surface area (Å²) in [5, 5.41) is 77.7. The van der Waals surface area contributed by atoms with E-state index in [1.807, 2.05) is 10.6 Å². The number of rotatable bonds is 37. The van der Waals surface area contributed by atoms with E-state index in [0.717, 1.165) is 46.6 Å². The number of hydrogen-bond donors (Lipinski definition) is 21. The molecule has 2 heterocycles. The number of aliphatic hydroxyl groups is 1. The number of unbranched alkanes of at least 4 members (excludes halogenated alkanes) is 4. The molecular formula is C72H109N17O26. The number of carboxylic acid groups (broad SMARTS) is 4. The monoisotopic (exact) mass is 1630 g/mol. The first-order valence-electron chi connectivity index (χ1n) is 37.5. The summed E-state index contributed by atoms with van der Waals surface area (Å²) in [4.78, 5) is 276. The summed E-state index contributed by atoms with van der Waals surface area (Å²) >= 11 is 0. The highest BCUT2D eigenvalue weighted by Gasteiger charge is 2.43. The fourth-order valence-corrected chi connectivity index (χ4v) is 11.7. The number of ether oxygens (including phenoxy) is 1. The number of H-pyrrole nitrogens is 1. The van der Waals surface area contributed by atoms with Crippen molar-refractivity contribution in [1.82, 2.24) is 73.7 Å². The number of primary amides is 2. The van der Waals surface area contributed by atoms with Crippen molar-refractivity contribution in [2.45, 2.75) is 242 Å². The predicted molar refractivity (Wildman–Crippen MR) is 402 cm³/mol. The zero-order chi connectivity index (χ0) is 86.5. The number of carbonyl (C=O) groups is 20. The van der Waals surface area contributed by atoms with Gasteiger partial charge in [0.2, 0.25) is 88.6 Å².